The van der Waals surface area contributed by atoms with Crippen molar-refractivity contribution in [3.05, 3.63) is 30.3 Å². The molecule has 1 aromatic rings. The summed E-state index contributed by atoms with van der Waals surface area (Å²) in [5.74, 6) is 1.42. The summed E-state index contributed by atoms with van der Waals surface area (Å²) in [5, 5.41) is 3.42. The van der Waals surface area contributed by atoms with Crippen LogP contribution in [0.25, 0.3) is 0 Å². The zero-order valence-corrected chi connectivity index (χ0v) is 13.0. The van der Waals surface area contributed by atoms with Gasteiger partial charge in [-0.1, -0.05) is 18.2 Å². The third-order valence-electron chi connectivity index (χ3n) is 3.72. The van der Waals surface area contributed by atoms with Gasteiger partial charge in [0.1, 0.15) is 0 Å². The van der Waals surface area contributed by atoms with Gasteiger partial charge in [0.05, 0.1) is 5.75 Å². The van der Waals surface area contributed by atoms with Gasteiger partial charge in [-0.05, 0) is 50.9 Å². The molecule has 20 heavy (non-hydrogen) atoms. The van der Waals surface area contributed by atoms with Crippen molar-refractivity contribution in [2.24, 2.45) is 5.92 Å². The predicted octanol–water partition coefficient (Wildman–Crippen LogP) is 2.63. The van der Waals surface area contributed by atoms with Crippen LogP contribution in [0.2, 0.25) is 0 Å². The van der Waals surface area contributed by atoms with Gasteiger partial charge in [-0.3, -0.25) is 4.79 Å². The first-order chi connectivity index (χ1) is 9.79. The number of rotatable bonds is 6. The highest BCUT2D eigenvalue weighted by Gasteiger charge is 2.19. The second-order valence-corrected chi connectivity index (χ2v) is 6.30. The first kappa shape index (κ1) is 15.4. The SMILES string of the molecule is CCN(CC1CCCNC1)C(=O)CSc1ccccc1. The number of carbonyl (C=O) groups excluding carboxylic acids is 1. The molecule has 1 unspecified atom stereocenters. The van der Waals surface area contributed by atoms with Gasteiger partial charge in [0.25, 0.3) is 0 Å². The monoisotopic (exact) mass is 292 g/mol. The Morgan fingerprint density at radius 2 is 2.20 bits per heavy atom. The zero-order valence-electron chi connectivity index (χ0n) is 12.2. The van der Waals surface area contributed by atoms with Gasteiger partial charge >= 0.3 is 0 Å². The average molecular weight is 292 g/mol. The third-order valence-corrected chi connectivity index (χ3v) is 4.71. The highest BCUT2D eigenvalue weighted by molar-refractivity contribution is 8.00. The number of amides is 1. The molecule has 110 valence electrons. The van der Waals surface area contributed by atoms with E-state index < -0.39 is 0 Å². The van der Waals surface area contributed by atoms with Crippen LogP contribution in [0.4, 0.5) is 0 Å². The van der Waals surface area contributed by atoms with Crippen LogP contribution in [0.3, 0.4) is 0 Å². The third kappa shape index (κ3) is 4.84. The van der Waals surface area contributed by atoms with Crippen molar-refractivity contribution >= 4 is 17.7 Å². The molecular formula is C16H24N2OS. The van der Waals surface area contributed by atoms with Crippen LogP contribution in [0, 0.1) is 5.92 Å². The van der Waals surface area contributed by atoms with Crippen LogP contribution in [0.1, 0.15) is 19.8 Å². The van der Waals surface area contributed by atoms with Gasteiger partial charge in [0.2, 0.25) is 5.91 Å². The molecule has 4 heteroatoms. The first-order valence-corrected chi connectivity index (χ1v) is 8.44. The largest absolute Gasteiger partial charge is 0.342 e. The number of piperidine rings is 1. The van der Waals surface area contributed by atoms with E-state index >= 15 is 0 Å². The molecular weight excluding hydrogens is 268 g/mol. The van der Waals surface area contributed by atoms with Crippen LogP contribution in [-0.2, 0) is 4.79 Å². The maximum absolute atomic E-state index is 12.3. The Morgan fingerprint density at radius 1 is 1.40 bits per heavy atom. The van der Waals surface area contributed by atoms with Crippen molar-refractivity contribution in [1.29, 1.82) is 0 Å². The Morgan fingerprint density at radius 3 is 2.85 bits per heavy atom. The summed E-state index contributed by atoms with van der Waals surface area (Å²) in [5.41, 5.74) is 0. The minimum Gasteiger partial charge on any atom is -0.342 e. The number of nitrogens with zero attached hydrogens (tertiary/aromatic N) is 1. The Labute approximate surface area is 126 Å². The second-order valence-electron chi connectivity index (χ2n) is 5.25. The topological polar surface area (TPSA) is 32.3 Å². The number of hydrogen-bond acceptors (Lipinski definition) is 3. The molecule has 1 saturated heterocycles. The number of carbonyl (C=O) groups is 1. The Hall–Kier alpha value is -1.00. The highest BCUT2D eigenvalue weighted by Crippen LogP contribution is 2.18. The summed E-state index contributed by atoms with van der Waals surface area (Å²) in [6.07, 6.45) is 2.47. The van der Waals surface area contributed by atoms with E-state index in [1.54, 1.807) is 11.8 Å². The first-order valence-electron chi connectivity index (χ1n) is 7.46. The lowest BCUT2D eigenvalue weighted by Crippen LogP contribution is -2.41. The molecule has 0 spiro atoms. The zero-order chi connectivity index (χ0) is 14.2. The van der Waals surface area contributed by atoms with E-state index in [-0.39, 0.29) is 5.91 Å². The van der Waals surface area contributed by atoms with E-state index in [1.165, 1.54) is 12.8 Å². The van der Waals surface area contributed by atoms with Crippen LogP contribution in [0.15, 0.2) is 35.2 Å². The molecule has 0 saturated carbocycles. The van der Waals surface area contributed by atoms with Crippen molar-refractivity contribution in [3.63, 3.8) is 0 Å². The Kier molecular flexibility index (Phi) is 6.40. The molecule has 1 aromatic carbocycles. The molecule has 1 fully saturated rings. The van der Waals surface area contributed by atoms with E-state index in [2.05, 4.69) is 24.4 Å². The lowest BCUT2D eigenvalue weighted by Gasteiger charge is -2.29. The molecule has 3 nitrogen and oxygen atoms in total. The van der Waals surface area contributed by atoms with E-state index in [1.807, 2.05) is 23.1 Å². The fourth-order valence-electron chi connectivity index (χ4n) is 2.55. The van der Waals surface area contributed by atoms with E-state index in [9.17, 15) is 4.79 Å². The number of thioether (sulfide) groups is 1. The minimum atomic E-state index is 0.256. The molecule has 0 aliphatic carbocycles. The fraction of sp³-hybridized carbons (Fsp3) is 0.562. The minimum absolute atomic E-state index is 0.256. The summed E-state index contributed by atoms with van der Waals surface area (Å²) >= 11 is 1.63. The predicted molar refractivity (Wildman–Crippen MR) is 85.0 cm³/mol. The van der Waals surface area contributed by atoms with E-state index in [4.69, 9.17) is 0 Å². The summed E-state index contributed by atoms with van der Waals surface area (Å²) in [4.78, 5) is 15.5. The molecule has 1 aliphatic heterocycles. The smallest absolute Gasteiger partial charge is 0.232 e. The van der Waals surface area contributed by atoms with Crippen LogP contribution < -0.4 is 5.32 Å². The fourth-order valence-corrected chi connectivity index (χ4v) is 3.37. The summed E-state index contributed by atoms with van der Waals surface area (Å²) in [6.45, 7) is 5.96. The molecule has 2 rings (SSSR count). The van der Waals surface area contributed by atoms with Gasteiger partial charge in [0, 0.05) is 18.0 Å². The van der Waals surface area contributed by atoms with Gasteiger partial charge in [-0.2, -0.15) is 0 Å². The Bertz CT molecular complexity index is 404. The average Bonchev–Trinajstić information content (AvgIpc) is 2.52. The van der Waals surface area contributed by atoms with Crippen LogP contribution in [0.5, 0.6) is 0 Å². The number of benzene rings is 1. The maximum atomic E-state index is 12.3. The maximum Gasteiger partial charge on any atom is 0.232 e. The second kappa shape index (κ2) is 8.32. The highest BCUT2D eigenvalue weighted by atomic mass is 32.2. The normalized spacial score (nSPS) is 18.8. The molecule has 1 N–H and O–H groups in total. The quantitative estimate of drug-likeness (QED) is 0.818. The van der Waals surface area contributed by atoms with Crippen molar-refractivity contribution in [2.75, 3.05) is 31.9 Å². The molecule has 0 radical (unpaired) electrons. The molecule has 0 bridgehead atoms. The summed E-state index contributed by atoms with van der Waals surface area (Å²) < 4.78 is 0. The number of hydrogen-bond donors (Lipinski definition) is 1. The summed E-state index contributed by atoms with van der Waals surface area (Å²) in [6, 6.07) is 10.1. The van der Waals surface area contributed by atoms with Crippen LogP contribution >= 0.6 is 11.8 Å². The van der Waals surface area contributed by atoms with Crippen molar-refractivity contribution in [3.8, 4) is 0 Å². The summed E-state index contributed by atoms with van der Waals surface area (Å²) in [7, 11) is 0. The van der Waals surface area contributed by atoms with Gasteiger partial charge < -0.3 is 10.2 Å². The van der Waals surface area contributed by atoms with Crippen molar-refractivity contribution < 1.29 is 4.79 Å². The van der Waals surface area contributed by atoms with E-state index in [0.29, 0.717) is 11.7 Å². The molecule has 1 amide bonds. The van der Waals surface area contributed by atoms with E-state index in [0.717, 1.165) is 31.1 Å². The van der Waals surface area contributed by atoms with Crippen LogP contribution in [-0.4, -0.2) is 42.7 Å². The van der Waals surface area contributed by atoms with Gasteiger partial charge in [-0.25, -0.2) is 0 Å². The van der Waals surface area contributed by atoms with Crippen molar-refractivity contribution in [2.45, 2.75) is 24.7 Å². The Balaban J connectivity index is 1.79. The molecule has 1 heterocycles. The molecule has 0 aromatic heterocycles. The lowest BCUT2D eigenvalue weighted by molar-refractivity contribution is -0.128. The van der Waals surface area contributed by atoms with Gasteiger partial charge in [-0.15, -0.1) is 11.8 Å². The molecule has 1 atom stereocenters. The number of nitrogens with one attached hydrogen (secondary N) is 1. The molecule has 1 aliphatic rings. The van der Waals surface area contributed by atoms with Gasteiger partial charge in [0.15, 0.2) is 0 Å². The standard InChI is InChI=1S/C16H24N2OS/c1-2-18(12-14-7-6-10-17-11-14)16(19)13-20-15-8-4-3-5-9-15/h3-5,8-9,14,17H,2,6-7,10-13H2,1H3. The van der Waals surface area contributed by atoms with Crippen molar-refractivity contribution in [1.82, 2.24) is 10.2 Å². The lowest BCUT2D eigenvalue weighted by atomic mass is 9.99.